The molecule has 0 aromatic rings. The molecule has 2 unspecified atom stereocenters. The fraction of sp³-hybridized carbons (Fsp3) is 0.944. The van der Waals surface area contributed by atoms with Crippen LogP contribution in [-0.2, 0) is 65.4 Å². The van der Waals surface area contributed by atoms with Crippen LogP contribution in [-0.4, -0.2) is 96.7 Å². The molecule has 0 aliphatic rings. The summed E-state index contributed by atoms with van der Waals surface area (Å²) in [4.78, 5) is 72.3. The number of ether oxygens (including phenoxy) is 4. The molecule has 0 radical (unpaired) electrons. The minimum absolute atomic E-state index is 0.107. The smallest absolute Gasteiger partial charge is 0.462 e. The van der Waals surface area contributed by atoms with Gasteiger partial charge in [0, 0.05) is 25.7 Å². The minimum atomic E-state index is -4.95. The zero-order valence-electron chi connectivity index (χ0n) is 58.3. The van der Waals surface area contributed by atoms with Crippen LogP contribution in [0.4, 0.5) is 0 Å². The number of carbonyl (C=O) groups is 4. The highest BCUT2D eigenvalue weighted by Crippen LogP contribution is 2.45. The molecule has 0 bridgehead atoms. The van der Waals surface area contributed by atoms with Gasteiger partial charge in [-0.15, -0.1) is 0 Å². The maximum atomic E-state index is 13.0. The Balaban J connectivity index is 5.15. The predicted molar refractivity (Wildman–Crippen MR) is 363 cm³/mol. The van der Waals surface area contributed by atoms with Crippen molar-refractivity contribution in [3.8, 4) is 0 Å². The quantitative estimate of drug-likeness (QED) is 0.0222. The summed E-state index contributed by atoms with van der Waals surface area (Å²) in [6.07, 6.45) is 51.6. The molecule has 5 atom stereocenters. The van der Waals surface area contributed by atoms with E-state index in [-0.39, 0.29) is 25.7 Å². The van der Waals surface area contributed by atoms with Gasteiger partial charge in [0.15, 0.2) is 12.2 Å². The van der Waals surface area contributed by atoms with Crippen molar-refractivity contribution in [2.45, 2.75) is 387 Å². The lowest BCUT2D eigenvalue weighted by molar-refractivity contribution is -0.161. The molecule has 0 rings (SSSR count). The van der Waals surface area contributed by atoms with Gasteiger partial charge in [-0.05, 0) is 31.6 Å². The lowest BCUT2D eigenvalue weighted by Crippen LogP contribution is -2.30. The summed E-state index contributed by atoms with van der Waals surface area (Å²) in [6, 6.07) is 0. The number of phosphoric ester groups is 2. The number of hydrogen-bond acceptors (Lipinski definition) is 15. The van der Waals surface area contributed by atoms with Gasteiger partial charge in [-0.2, -0.15) is 0 Å². The van der Waals surface area contributed by atoms with Crippen molar-refractivity contribution in [3.63, 3.8) is 0 Å². The summed E-state index contributed by atoms with van der Waals surface area (Å²) in [5.74, 6) is -1.34. The van der Waals surface area contributed by atoms with Crippen LogP contribution in [0.25, 0.3) is 0 Å². The monoisotopic (exact) mass is 1320 g/mol. The van der Waals surface area contributed by atoms with Crippen LogP contribution >= 0.6 is 15.6 Å². The van der Waals surface area contributed by atoms with E-state index in [0.717, 1.165) is 102 Å². The Hall–Kier alpha value is -1.94. The van der Waals surface area contributed by atoms with E-state index in [1.165, 1.54) is 186 Å². The van der Waals surface area contributed by atoms with Crippen molar-refractivity contribution in [1.29, 1.82) is 0 Å². The Morgan fingerprint density at radius 3 is 0.756 bits per heavy atom. The Labute approximate surface area is 549 Å². The lowest BCUT2D eigenvalue weighted by atomic mass is 10.0. The average Bonchev–Trinajstić information content (AvgIpc) is 2.88. The predicted octanol–water partition coefficient (Wildman–Crippen LogP) is 20.5. The van der Waals surface area contributed by atoms with Crippen molar-refractivity contribution in [2.24, 2.45) is 5.92 Å². The van der Waals surface area contributed by atoms with Gasteiger partial charge < -0.3 is 33.8 Å². The molecule has 0 aliphatic carbocycles. The number of aliphatic hydroxyl groups excluding tert-OH is 1. The molecular weight excluding hydrogens is 1190 g/mol. The van der Waals surface area contributed by atoms with Crippen molar-refractivity contribution in [3.05, 3.63) is 0 Å². The molecule has 0 aromatic heterocycles. The first kappa shape index (κ1) is 88.1. The molecule has 0 spiro atoms. The third kappa shape index (κ3) is 64.8. The molecule has 17 nitrogen and oxygen atoms in total. The summed E-state index contributed by atoms with van der Waals surface area (Å²) < 4.78 is 68.1. The largest absolute Gasteiger partial charge is 0.472 e. The number of unbranched alkanes of at least 4 members (excludes halogenated alkanes) is 43. The summed E-state index contributed by atoms with van der Waals surface area (Å²) in [5.41, 5.74) is 0. The van der Waals surface area contributed by atoms with Crippen LogP contribution in [0.1, 0.15) is 369 Å². The molecule has 3 N–H and O–H groups in total. The second kappa shape index (κ2) is 64.4. The summed E-state index contributed by atoms with van der Waals surface area (Å²) in [5, 5.41) is 10.6. The third-order valence-electron chi connectivity index (χ3n) is 16.5. The standard InChI is InChI=1S/C71H138O17P2/c1-6-9-12-15-17-19-21-23-24-25-29-32-36-40-45-50-55-69(74)82-61-67(88-71(76)57-52-47-42-38-34-30-26-28-31-35-39-44-48-53-64(4)5)63-86-90(79,80)84-59-65(72)58-83-89(77,78)85-62-66(60-81-68(73)54-49-43-14-11-8-3)87-70(75)56-51-46-41-37-33-27-22-20-18-16-13-10-7-2/h64-67,72H,6-63H2,1-5H3,(H,77,78)(H,79,80)/t65-,66+,67+/m0/s1. The van der Waals surface area contributed by atoms with Crippen LogP contribution in [0.15, 0.2) is 0 Å². The van der Waals surface area contributed by atoms with Crippen LogP contribution in [0.3, 0.4) is 0 Å². The lowest BCUT2D eigenvalue weighted by Gasteiger charge is -2.21. The van der Waals surface area contributed by atoms with Gasteiger partial charge in [0.25, 0.3) is 0 Å². The normalized spacial score (nSPS) is 14.1. The first-order valence-electron chi connectivity index (χ1n) is 37.1. The number of carbonyl (C=O) groups excluding carboxylic acids is 4. The molecule has 0 saturated carbocycles. The SMILES string of the molecule is CCCCCCCCCCCCCCCCCCC(=O)OC[C@H](COP(=O)(O)OC[C@@H](O)COP(=O)(O)OC[C@@H](COC(=O)CCCCCCC)OC(=O)CCCCCCCCCCCCCCC)OC(=O)CCCCCCCCCCCCCCCC(C)C. The molecule has 0 fully saturated rings. The van der Waals surface area contributed by atoms with Crippen molar-refractivity contribution in [1.82, 2.24) is 0 Å². The van der Waals surface area contributed by atoms with E-state index >= 15 is 0 Å². The Bertz CT molecular complexity index is 1740. The van der Waals surface area contributed by atoms with Gasteiger partial charge in [0.2, 0.25) is 0 Å². The van der Waals surface area contributed by atoms with Crippen LogP contribution in [0, 0.1) is 5.92 Å². The van der Waals surface area contributed by atoms with Gasteiger partial charge in [-0.1, -0.05) is 317 Å². The number of rotatable bonds is 71. The Morgan fingerprint density at radius 2 is 0.511 bits per heavy atom. The van der Waals surface area contributed by atoms with Gasteiger partial charge >= 0.3 is 39.5 Å². The third-order valence-corrected chi connectivity index (χ3v) is 18.4. The van der Waals surface area contributed by atoms with Gasteiger partial charge in [0.1, 0.15) is 19.3 Å². The number of esters is 4. The highest BCUT2D eigenvalue weighted by atomic mass is 31.2. The van der Waals surface area contributed by atoms with Crippen molar-refractivity contribution >= 4 is 39.5 Å². The van der Waals surface area contributed by atoms with Crippen LogP contribution < -0.4 is 0 Å². The zero-order valence-corrected chi connectivity index (χ0v) is 60.1. The first-order chi connectivity index (χ1) is 43.5. The van der Waals surface area contributed by atoms with E-state index in [2.05, 4.69) is 34.6 Å². The van der Waals surface area contributed by atoms with Gasteiger partial charge in [0.05, 0.1) is 26.4 Å². The molecule has 0 aromatic carbocycles. The van der Waals surface area contributed by atoms with E-state index in [0.29, 0.717) is 25.7 Å². The zero-order chi connectivity index (χ0) is 66.3. The second-order valence-corrected chi connectivity index (χ2v) is 29.0. The van der Waals surface area contributed by atoms with E-state index in [9.17, 15) is 43.2 Å². The molecule has 0 aliphatic heterocycles. The molecule has 19 heteroatoms. The maximum Gasteiger partial charge on any atom is 0.472 e. The Kier molecular flexibility index (Phi) is 63.0. The molecule has 534 valence electrons. The molecule has 0 heterocycles. The molecule has 0 saturated heterocycles. The molecule has 90 heavy (non-hydrogen) atoms. The van der Waals surface area contributed by atoms with Crippen molar-refractivity contribution < 1.29 is 80.2 Å². The fourth-order valence-electron chi connectivity index (χ4n) is 10.8. The van der Waals surface area contributed by atoms with Crippen molar-refractivity contribution in [2.75, 3.05) is 39.6 Å². The molecule has 0 amide bonds. The maximum absolute atomic E-state index is 13.0. The molecular formula is C71H138O17P2. The highest BCUT2D eigenvalue weighted by Gasteiger charge is 2.30. The van der Waals surface area contributed by atoms with E-state index < -0.39 is 97.5 Å². The van der Waals surface area contributed by atoms with E-state index in [1.807, 2.05) is 0 Å². The van der Waals surface area contributed by atoms with Gasteiger partial charge in [-0.3, -0.25) is 37.3 Å². The van der Waals surface area contributed by atoms with Crippen LogP contribution in [0.5, 0.6) is 0 Å². The van der Waals surface area contributed by atoms with E-state index in [1.54, 1.807) is 0 Å². The number of aliphatic hydroxyl groups is 1. The number of phosphoric acid groups is 2. The van der Waals surface area contributed by atoms with Crippen LogP contribution in [0.2, 0.25) is 0 Å². The Morgan fingerprint density at radius 1 is 0.300 bits per heavy atom. The highest BCUT2D eigenvalue weighted by molar-refractivity contribution is 7.47. The number of hydrogen-bond donors (Lipinski definition) is 3. The second-order valence-electron chi connectivity index (χ2n) is 26.1. The summed E-state index contributed by atoms with van der Waals surface area (Å²) in [6.45, 7) is 7.19. The minimum Gasteiger partial charge on any atom is -0.462 e. The average molecular weight is 1330 g/mol. The fourth-order valence-corrected chi connectivity index (χ4v) is 12.4. The summed E-state index contributed by atoms with van der Waals surface area (Å²) in [7, 11) is -9.89. The van der Waals surface area contributed by atoms with E-state index in [4.69, 9.17) is 37.0 Å². The topological polar surface area (TPSA) is 237 Å². The van der Waals surface area contributed by atoms with Gasteiger partial charge in [-0.25, -0.2) is 9.13 Å². The summed E-state index contributed by atoms with van der Waals surface area (Å²) >= 11 is 0. The first-order valence-corrected chi connectivity index (χ1v) is 40.1.